The number of likely N-dealkylation sites (N-methyl/N-ethyl adjacent to an activating group) is 1. The molecule has 1 unspecified atom stereocenters. The van der Waals surface area contributed by atoms with E-state index in [1.54, 1.807) is 30.1 Å². The summed E-state index contributed by atoms with van der Waals surface area (Å²) in [5, 5.41) is 9.24. The smallest absolute Gasteiger partial charge is 0.228 e. The Morgan fingerprint density at radius 2 is 2.00 bits per heavy atom. The van der Waals surface area contributed by atoms with E-state index in [-0.39, 0.29) is 30.2 Å². The lowest BCUT2D eigenvalue weighted by molar-refractivity contribution is -0.137. The minimum atomic E-state index is -0.384. The molecule has 106 valence electrons. The minimum Gasteiger partial charge on any atom is -0.396 e. The molecule has 0 aliphatic carbocycles. The minimum absolute atomic E-state index is 0.0890. The van der Waals surface area contributed by atoms with Gasteiger partial charge in [-0.25, -0.2) is 4.39 Å². The topological polar surface area (TPSA) is 40.5 Å². The Morgan fingerprint density at radius 1 is 1.37 bits per heavy atom. The summed E-state index contributed by atoms with van der Waals surface area (Å²) in [6.07, 6.45) is 0.477. The summed E-state index contributed by atoms with van der Waals surface area (Å²) >= 11 is 0. The summed E-state index contributed by atoms with van der Waals surface area (Å²) in [6.45, 7) is 4.11. The molecule has 0 heterocycles. The first-order valence-corrected chi connectivity index (χ1v) is 6.56. The van der Waals surface area contributed by atoms with Crippen LogP contribution in [-0.4, -0.2) is 36.1 Å². The first-order valence-electron chi connectivity index (χ1n) is 6.56. The van der Waals surface area contributed by atoms with Crippen molar-refractivity contribution < 1.29 is 14.3 Å². The van der Waals surface area contributed by atoms with Gasteiger partial charge in [-0.1, -0.05) is 32.0 Å². The van der Waals surface area contributed by atoms with Gasteiger partial charge < -0.3 is 10.0 Å². The van der Waals surface area contributed by atoms with Gasteiger partial charge in [-0.05, 0) is 24.0 Å². The third-order valence-corrected chi connectivity index (χ3v) is 3.37. The molecular weight excluding hydrogens is 245 g/mol. The molecule has 0 saturated carbocycles. The lowest BCUT2D eigenvalue weighted by Gasteiger charge is -2.25. The Labute approximate surface area is 114 Å². The second-order valence-corrected chi connectivity index (χ2v) is 5.13. The molecule has 19 heavy (non-hydrogen) atoms. The van der Waals surface area contributed by atoms with Crippen LogP contribution in [0.3, 0.4) is 0 Å². The van der Waals surface area contributed by atoms with Gasteiger partial charge in [0.15, 0.2) is 0 Å². The summed E-state index contributed by atoms with van der Waals surface area (Å²) in [4.78, 5) is 13.7. The highest BCUT2D eigenvalue weighted by atomic mass is 19.1. The predicted molar refractivity (Wildman–Crippen MR) is 73.2 cm³/mol. The molecule has 1 rings (SSSR count). The summed E-state index contributed by atoms with van der Waals surface area (Å²) in [5.74, 6) is -0.626. The van der Waals surface area contributed by atoms with Crippen LogP contribution >= 0.6 is 0 Å². The van der Waals surface area contributed by atoms with E-state index >= 15 is 0 Å². The molecular formula is C15H22FNO2. The van der Waals surface area contributed by atoms with E-state index in [4.69, 9.17) is 0 Å². The third kappa shape index (κ3) is 4.31. The Hall–Kier alpha value is -1.42. The molecule has 1 N–H and O–H groups in total. The summed E-state index contributed by atoms with van der Waals surface area (Å²) < 4.78 is 13.5. The van der Waals surface area contributed by atoms with Gasteiger partial charge in [-0.15, -0.1) is 0 Å². The molecule has 1 aromatic rings. The van der Waals surface area contributed by atoms with E-state index in [9.17, 15) is 14.3 Å². The number of benzene rings is 1. The Kier molecular flexibility index (Phi) is 5.96. The molecule has 0 bridgehead atoms. The van der Waals surface area contributed by atoms with Gasteiger partial charge in [0.1, 0.15) is 5.82 Å². The molecule has 1 aromatic carbocycles. The maximum atomic E-state index is 13.5. The fourth-order valence-corrected chi connectivity index (χ4v) is 1.96. The lowest BCUT2D eigenvalue weighted by atomic mass is 9.95. The van der Waals surface area contributed by atoms with Crippen LogP contribution in [0.15, 0.2) is 24.3 Å². The number of carbonyl (C=O) groups is 1. The van der Waals surface area contributed by atoms with Crippen molar-refractivity contribution in [2.24, 2.45) is 11.8 Å². The average molecular weight is 267 g/mol. The van der Waals surface area contributed by atoms with Crippen LogP contribution in [0.4, 0.5) is 4.39 Å². The maximum absolute atomic E-state index is 13.5. The molecule has 1 amide bonds. The number of hydrogen-bond donors (Lipinski definition) is 1. The fraction of sp³-hybridized carbons (Fsp3) is 0.533. The molecule has 0 fully saturated rings. The van der Waals surface area contributed by atoms with E-state index in [0.717, 1.165) is 0 Å². The first kappa shape index (κ1) is 15.6. The molecule has 1 atom stereocenters. The van der Waals surface area contributed by atoms with Gasteiger partial charge in [-0.3, -0.25) is 4.79 Å². The molecule has 0 aromatic heterocycles. The van der Waals surface area contributed by atoms with Crippen molar-refractivity contribution >= 4 is 5.91 Å². The van der Waals surface area contributed by atoms with Crippen molar-refractivity contribution in [3.05, 3.63) is 35.6 Å². The number of amides is 1. The van der Waals surface area contributed by atoms with Crippen molar-refractivity contribution in [3.8, 4) is 0 Å². The lowest BCUT2D eigenvalue weighted by Crippen LogP contribution is -2.38. The zero-order chi connectivity index (χ0) is 14.4. The highest BCUT2D eigenvalue weighted by Crippen LogP contribution is 2.14. The fourth-order valence-electron chi connectivity index (χ4n) is 1.96. The quantitative estimate of drug-likeness (QED) is 0.857. The Balaban J connectivity index is 2.58. The highest BCUT2D eigenvalue weighted by molar-refractivity contribution is 5.78. The van der Waals surface area contributed by atoms with Crippen LogP contribution in [0.1, 0.15) is 19.4 Å². The van der Waals surface area contributed by atoms with Crippen molar-refractivity contribution in [2.45, 2.75) is 20.3 Å². The van der Waals surface area contributed by atoms with Crippen molar-refractivity contribution in [3.63, 3.8) is 0 Å². The molecule has 0 spiro atoms. The van der Waals surface area contributed by atoms with Crippen LogP contribution in [0.5, 0.6) is 0 Å². The molecule has 0 aliphatic heterocycles. The van der Waals surface area contributed by atoms with Gasteiger partial charge in [0.05, 0.1) is 12.5 Å². The molecule has 3 nitrogen and oxygen atoms in total. The van der Waals surface area contributed by atoms with E-state index in [1.807, 2.05) is 13.8 Å². The first-order chi connectivity index (χ1) is 8.97. The van der Waals surface area contributed by atoms with E-state index < -0.39 is 0 Å². The van der Waals surface area contributed by atoms with Crippen LogP contribution in [0.2, 0.25) is 0 Å². The van der Waals surface area contributed by atoms with Crippen LogP contribution in [0, 0.1) is 17.7 Å². The zero-order valence-electron chi connectivity index (χ0n) is 11.8. The number of aliphatic hydroxyl groups excluding tert-OH is 1. The largest absolute Gasteiger partial charge is 0.396 e. The maximum Gasteiger partial charge on any atom is 0.228 e. The number of nitrogens with zero attached hydrogens (tertiary/aromatic N) is 1. The molecule has 0 saturated heterocycles. The van der Waals surface area contributed by atoms with Crippen LogP contribution in [-0.2, 0) is 11.2 Å². The van der Waals surface area contributed by atoms with Crippen molar-refractivity contribution in [1.82, 2.24) is 4.90 Å². The van der Waals surface area contributed by atoms with Gasteiger partial charge in [0.2, 0.25) is 5.91 Å². The number of carbonyl (C=O) groups excluding carboxylic acids is 1. The second kappa shape index (κ2) is 7.24. The Morgan fingerprint density at radius 3 is 2.53 bits per heavy atom. The van der Waals surface area contributed by atoms with E-state index in [0.29, 0.717) is 18.5 Å². The second-order valence-electron chi connectivity index (χ2n) is 5.13. The monoisotopic (exact) mass is 267 g/mol. The summed E-state index contributed by atoms with van der Waals surface area (Å²) in [5.41, 5.74) is 0.604. The Bertz CT molecular complexity index is 420. The summed E-state index contributed by atoms with van der Waals surface area (Å²) in [6, 6.07) is 6.57. The number of aliphatic hydroxyl groups is 1. The number of rotatable bonds is 6. The number of halogens is 1. The molecule has 0 aliphatic rings. The molecule has 0 radical (unpaired) electrons. The standard InChI is InChI=1S/C15H22FNO2/c1-11(2)13(10-18)15(19)17(3)9-8-12-6-4-5-7-14(12)16/h4-7,11,13,18H,8-10H2,1-3H3. The van der Waals surface area contributed by atoms with Crippen molar-refractivity contribution in [1.29, 1.82) is 0 Å². The average Bonchev–Trinajstić information content (AvgIpc) is 2.37. The van der Waals surface area contributed by atoms with Gasteiger partial charge in [0, 0.05) is 13.6 Å². The van der Waals surface area contributed by atoms with E-state index in [1.165, 1.54) is 6.07 Å². The normalized spacial score (nSPS) is 12.5. The van der Waals surface area contributed by atoms with Crippen LogP contribution in [0.25, 0.3) is 0 Å². The van der Waals surface area contributed by atoms with E-state index in [2.05, 4.69) is 0 Å². The molecule has 4 heteroatoms. The van der Waals surface area contributed by atoms with Gasteiger partial charge in [-0.2, -0.15) is 0 Å². The zero-order valence-corrected chi connectivity index (χ0v) is 11.8. The van der Waals surface area contributed by atoms with Gasteiger partial charge >= 0.3 is 0 Å². The predicted octanol–water partition coefficient (Wildman–Crippen LogP) is 2.09. The third-order valence-electron chi connectivity index (χ3n) is 3.37. The van der Waals surface area contributed by atoms with Crippen LogP contribution < -0.4 is 0 Å². The highest BCUT2D eigenvalue weighted by Gasteiger charge is 2.24. The van der Waals surface area contributed by atoms with Crippen molar-refractivity contribution in [2.75, 3.05) is 20.2 Å². The SMILES string of the molecule is CC(C)C(CO)C(=O)N(C)CCc1ccccc1F. The number of hydrogen-bond acceptors (Lipinski definition) is 2. The van der Waals surface area contributed by atoms with Gasteiger partial charge in [0.25, 0.3) is 0 Å². The summed E-state index contributed by atoms with van der Waals surface area (Å²) in [7, 11) is 1.69.